The predicted molar refractivity (Wildman–Crippen MR) is 66.0 cm³/mol. The lowest BCUT2D eigenvalue weighted by atomic mass is 10.4. The van der Waals surface area contributed by atoms with Crippen molar-refractivity contribution in [1.82, 2.24) is 19.9 Å². The van der Waals surface area contributed by atoms with Gasteiger partial charge in [0.25, 0.3) is 5.91 Å². The van der Waals surface area contributed by atoms with E-state index in [-0.39, 0.29) is 5.91 Å². The first-order chi connectivity index (χ1) is 8.06. The molecule has 1 N–H and O–H groups in total. The minimum absolute atomic E-state index is 0.0802. The van der Waals surface area contributed by atoms with E-state index in [4.69, 9.17) is 0 Å². The molecule has 0 unspecified atom stereocenters. The second kappa shape index (κ2) is 4.67. The number of nitrogens with zero attached hydrogens (tertiary/aromatic N) is 3. The zero-order chi connectivity index (χ0) is 12.4. The van der Waals surface area contributed by atoms with E-state index in [1.54, 1.807) is 23.5 Å². The van der Waals surface area contributed by atoms with E-state index in [1.807, 2.05) is 13.8 Å². The molecule has 2 heterocycles. The Bertz CT molecular complexity index is 531. The molecule has 0 atom stereocenters. The van der Waals surface area contributed by atoms with Crippen LogP contribution in [0.3, 0.4) is 0 Å². The van der Waals surface area contributed by atoms with Crippen LogP contribution >= 0.6 is 11.3 Å². The van der Waals surface area contributed by atoms with Crippen LogP contribution in [0.4, 0.5) is 0 Å². The van der Waals surface area contributed by atoms with Gasteiger partial charge in [-0.2, -0.15) is 0 Å². The van der Waals surface area contributed by atoms with E-state index >= 15 is 0 Å². The van der Waals surface area contributed by atoms with Gasteiger partial charge in [-0.05, 0) is 13.8 Å². The summed E-state index contributed by atoms with van der Waals surface area (Å²) in [5.74, 6) is 0.703. The Hall–Kier alpha value is -1.69. The number of aromatic nitrogens is 3. The zero-order valence-electron chi connectivity index (χ0n) is 10.0. The van der Waals surface area contributed by atoms with Crippen molar-refractivity contribution in [2.24, 2.45) is 0 Å². The summed E-state index contributed by atoms with van der Waals surface area (Å²) in [6, 6.07) is 0. The third-order valence-corrected chi connectivity index (χ3v) is 3.10. The molecule has 6 heteroatoms. The summed E-state index contributed by atoms with van der Waals surface area (Å²) in [5.41, 5.74) is 1.49. The number of amides is 1. The SMILES string of the molecule is Cc1cnc(CN(C)C(=O)c2csc(C)n2)[nH]1. The third kappa shape index (κ3) is 2.71. The number of rotatable bonds is 3. The van der Waals surface area contributed by atoms with Crippen molar-refractivity contribution < 1.29 is 4.79 Å². The van der Waals surface area contributed by atoms with Crippen LogP contribution in [0.15, 0.2) is 11.6 Å². The predicted octanol–water partition coefficient (Wildman–Crippen LogP) is 1.76. The number of nitrogens with one attached hydrogen (secondary N) is 1. The quantitative estimate of drug-likeness (QED) is 0.902. The number of carbonyl (C=O) groups is 1. The Morgan fingerprint density at radius 3 is 2.82 bits per heavy atom. The highest BCUT2D eigenvalue weighted by Gasteiger charge is 2.15. The summed E-state index contributed by atoms with van der Waals surface area (Å²) in [6.45, 7) is 4.28. The topological polar surface area (TPSA) is 61.9 Å². The van der Waals surface area contributed by atoms with Gasteiger partial charge >= 0.3 is 0 Å². The molecule has 0 bridgehead atoms. The maximum atomic E-state index is 12.0. The molecule has 0 fully saturated rings. The standard InChI is InChI=1S/C11H14N4OS/c1-7-4-12-10(13-7)5-15(3)11(16)9-6-17-8(2)14-9/h4,6H,5H2,1-3H3,(H,12,13). The van der Waals surface area contributed by atoms with Crippen LogP contribution in [-0.2, 0) is 6.54 Å². The first kappa shape index (κ1) is 11.8. The smallest absolute Gasteiger partial charge is 0.273 e. The summed E-state index contributed by atoms with van der Waals surface area (Å²) >= 11 is 1.48. The molecule has 17 heavy (non-hydrogen) atoms. The van der Waals surface area contributed by atoms with Gasteiger partial charge in [-0.25, -0.2) is 9.97 Å². The van der Waals surface area contributed by atoms with Gasteiger partial charge in [0.1, 0.15) is 11.5 Å². The van der Waals surface area contributed by atoms with Crippen molar-refractivity contribution in [3.05, 3.63) is 33.8 Å². The molecule has 0 aliphatic heterocycles. The maximum Gasteiger partial charge on any atom is 0.273 e. The van der Waals surface area contributed by atoms with Crippen LogP contribution in [0.5, 0.6) is 0 Å². The van der Waals surface area contributed by atoms with Gasteiger partial charge in [0.2, 0.25) is 0 Å². The average molecular weight is 250 g/mol. The van der Waals surface area contributed by atoms with Crippen molar-refractivity contribution in [3.63, 3.8) is 0 Å². The second-order valence-electron chi connectivity index (χ2n) is 3.93. The molecule has 2 aromatic rings. The van der Waals surface area contributed by atoms with E-state index < -0.39 is 0 Å². The number of aromatic amines is 1. The fourth-order valence-electron chi connectivity index (χ4n) is 1.50. The van der Waals surface area contributed by atoms with Crippen molar-refractivity contribution in [3.8, 4) is 0 Å². The molecule has 0 spiro atoms. The van der Waals surface area contributed by atoms with Gasteiger partial charge in [-0.3, -0.25) is 4.79 Å². The summed E-state index contributed by atoms with van der Waals surface area (Å²) < 4.78 is 0. The van der Waals surface area contributed by atoms with Crippen LogP contribution < -0.4 is 0 Å². The second-order valence-corrected chi connectivity index (χ2v) is 4.99. The summed E-state index contributed by atoms with van der Waals surface area (Å²) in [4.78, 5) is 25.0. The van der Waals surface area contributed by atoms with Crippen LogP contribution in [0.25, 0.3) is 0 Å². The van der Waals surface area contributed by atoms with Crippen molar-refractivity contribution in [2.45, 2.75) is 20.4 Å². The van der Waals surface area contributed by atoms with Crippen LogP contribution in [0.1, 0.15) is 27.0 Å². The molecule has 2 aromatic heterocycles. The van der Waals surface area contributed by atoms with E-state index in [1.165, 1.54) is 11.3 Å². The number of imidazole rings is 1. The molecule has 90 valence electrons. The van der Waals surface area contributed by atoms with Crippen LogP contribution in [0, 0.1) is 13.8 Å². The first-order valence-electron chi connectivity index (χ1n) is 5.24. The fraction of sp³-hybridized carbons (Fsp3) is 0.364. The monoisotopic (exact) mass is 250 g/mol. The highest BCUT2D eigenvalue weighted by atomic mass is 32.1. The third-order valence-electron chi connectivity index (χ3n) is 2.33. The molecule has 5 nitrogen and oxygen atoms in total. The molecule has 0 saturated heterocycles. The minimum atomic E-state index is -0.0802. The van der Waals surface area contributed by atoms with E-state index in [0.717, 1.165) is 16.5 Å². The number of carbonyl (C=O) groups excluding carboxylic acids is 1. The van der Waals surface area contributed by atoms with E-state index in [0.29, 0.717) is 12.2 Å². The molecular weight excluding hydrogens is 236 g/mol. The van der Waals surface area contributed by atoms with E-state index in [9.17, 15) is 4.79 Å². The first-order valence-corrected chi connectivity index (χ1v) is 6.12. The average Bonchev–Trinajstić information content (AvgIpc) is 2.87. The Labute approximate surface area is 104 Å². The molecule has 0 aliphatic rings. The van der Waals surface area contributed by atoms with E-state index in [2.05, 4.69) is 15.0 Å². The van der Waals surface area contributed by atoms with Gasteiger partial charge in [0.05, 0.1) is 11.6 Å². The Morgan fingerprint density at radius 2 is 2.29 bits per heavy atom. The lowest BCUT2D eigenvalue weighted by Crippen LogP contribution is -2.27. The van der Waals surface area contributed by atoms with Gasteiger partial charge in [-0.1, -0.05) is 0 Å². The molecule has 2 rings (SSSR count). The van der Waals surface area contributed by atoms with Gasteiger partial charge in [0, 0.05) is 24.3 Å². The normalized spacial score (nSPS) is 10.5. The Balaban J connectivity index is 2.05. The molecule has 0 aromatic carbocycles. The summed E-state index contributed by atoms with van der Waals surface area (Å²) in [7, 11) is 1.74. The lowest BCUT2D eigenvalue weighted by molar-refractivity contribution is 0.0776. The summed E-state index contributed by atoms with van der Waals surface area (Å²) in [5, 5.41) is 2.68. The van der Waals surface area contributed by atoms with Gasteiger partial charge in [-0.15, -0.1) is 11.3 Å². The number of hydrogen-bond donors (Lipinski definition) is 1. The molecule has 1 amide bonds. The van der Waals surface area contributed by atoms with Crippen molar-refractivity contribution >= 4 is 17.2 Å². The molecular formula is C11H14N4OS. The zero-order valence-corrected chi connectivity index (χ0v) is 10.8. The molecule has 0 saturated carbocycles. The Morgan fingerprint density at radius 1 is 1.53 bits per heavy atom. The fourth-order valence-corrected chi connectivity index (χ4v) is 2.09. The number of thiazole rings is 1. The lowest BCUT2D eigenvalue weighted by Gasteiger charge is -2.13. The number of aryl methyl sites for hydroxylation is 2. The van der Waals surface area contributed by atoms with Gasteiger partial charge in [0.15, 0.2) is 0 Å². The van der Waals surface area contributed by atoms with Crippen molar-refractivity contribution in [1.29, 1.82) is 0 Å². The molecule has 0 radical (unpaired) electrons. The highest BCUT2D eigenvalue weighted by Crippen LogP contribution is 2.11. The Kier molecular flexibility index (Phi) is 3.23. The largest absolute Gasteiger partial charge is 0.345 e. The minimum Gasteiger partial charge on any atom is -0.345 e. The summed E-state index contributed by atoms with van der Waals surface area (Å²) in [6.07, 6.45) is 1.75. The van der Waals surface area contributed by atoms with Crippen LogP contribution in [0.2, 0.25) is 0 Å². The van der Waals surface area contributed by atoms with Crippen LogP contribution in [-0.4, -0.2) is 32.8 Å². The van der Waals surface area contributed by atoms with Crippen molar-refractivity contribution in [2.75, 3.05) is 7.05 Å². The molecule has 0 aliphatic carbocycles. The van der Waals surface area contributed by atoms with Gasteiger partial charge < -0.3 is 9.88 Å². The maximum absolute atomic E-state index is 12.0. The number of hydrogen-bond acceptors (Lipinski definition) is 4. The highest BCUT2D eigenvalue weighted by molar-refractivity contribution is 7.09. The number of H-pyrrole nitrogens is 1.